The highest BCUT2D eigenvalue weighted by Crippen LogP contribution is 2.42. The topological polar surface area (TPSA) is 44.5 Å². The van der Waals surface area contributed by atoms with E-state index in [2.05, 4.69) is 0 Å². The fourth-order valence-corrected chi connectivity index (χ4v) is 4.31. The lowest BCUT2D eigenvalue weighted by Crippen LogP contribution is -2.51. The lowest BCUT2D eigenvalue weighted by molar-refractivity contribution is -0.129. The van der Waals surface area contributed by atoms with Crippen LogP contribution in [0.3, 0.4) is 0 Å². The van der Waals surface area contributed by atoms with E-state index >= 15 is 0 Å². The largest absolute Gasteiger partial charge is 0.377 e. The predicted molar refractivity (Wildman–Crippen MR) is 76.1 cm³/mol. The molecule has 1 spiro atoms. The van der Waals surface area contributed by atoms with Gasteiger partial charge in [0.05, 0.1) is 11.7 Å². The highest BCUT2D eigenvalue weighted by Gasteiger charge is 2.41. The number of hydrogen-bond donors (Lipinski definition) is 1. The van der Waals surface area contributed by atoms with Gasteiger partial charge in [-0.05, 0) is 50.9 Å². The summed E-state index contributed by atoms with van der Waals surface area (Å²) < 4.78 is 12.1. The smallest absolute Gasteiger partial charge is 0.0728 e. The Morgan fingerprint density at radius 3 is 2.53 bits per heavy atom. The van der Waals surface area contributed by atoms with Gasteiger partial charge in [-0.3, -0.25) is 0 Å². The van der Waals surface area contributed by atoms with Crippen molar-refractivity contribution in [3.05, 3.63) is 0 Å². The molecule has 3 atom stereocenters. The van der Waals surface area contributed by atoms with Gasteiger partial charge < -0.3 is 15.2 Å². The van der Waals surface area contributed by atoms with E-state index in [1.165, 1.54) is 51.4 Å². The van der Waals surface area contributed by atoms with Crippen LogP contribution in [0, 0.1) is 5.92 Å². The molecule has 3 heteroatoms. The fourth-order valence-electron chi connectivity index (χ4n) is 4.31. The molecule has 110 valence electrons. The van der Waals surface area contributed by atoms with Gasteiger partial charge in [0, 0.05) is 19.3 Å². The standard InChI is InChI=1S/C16H29NO2/c17-15(14-6-2-5-10-18-14)13-7-11-19-16(12-13)8-3-1-4-9-16/h13-15H,1-12,17H2. The number of rotatable bonds is 2. The maximum atomic E-state index is 6.53. The Morgan fingerprint density at radius 2 is 1.79 bits per heavy atom. The van der Waals surface area contributed by atoms with Gasteiger partial charge in [-0.15, -0.1) is 0 Å². The molecule has 2 saturated heterocycles. The molecule has 0 amide bonds. The summed E-state index contributed by atoms with van der Waals surface area (Å²) in [5.74, 6) is 0.606. The molecule has 3 rings (SSSR count). The molecule has 3 aliphatic rings. The van der Waals surface area contributed by atoms with E-state index in [1.54, 1.807) is 0 Å². The lowest BCUT2D eigenvalue weighted by Gasteiger charge is -2.46. The van der Waals surface area contributed by atoms with Crippen molar-refractivity contribution in [2.24, 2.45) is 11.7 Å². The van der Waals surface area contributed by atoms with Crippen LogP contribution in [0.1, 0.15) is 64.2 Å². The van der Waals surface area contributed by atoms with Crippen LogP contribution in [0.15, 0.2) is 0 Å². The third kappa shape index (κ3) is 3.14. The van der Waals surface area contributed by atoms with Crippen molar-refractivity contribution >= 4 is 0 Å². The molecule has 19 heavy (non-hydrogen) atoms. The molecular weight excluding hydrogens is 238 g/mol. The summed E-state index contributed by atoms with van der Waals surface area (Å²) in [4.78, 5) is 0. The van der Waals surface area contributed by atoms with Crippen molar-refractivity contribution in [1.82, 2.24) is 0 Å². The molecule has 0 aromatic rings. The Hall–Kier alpha value is -0.120. The van der Waals surface area contributed by atoms with Crippen molar-refractivity contribution in [2.75, 3.05) is 13.2 Å². The highest BCUT2D eigenvalue weighted by molar-refractivity contribution is 4.94. The van der Waals surface area contributed by atoms with E-state index in [1.807, 2.05) is 0 Å². The van der Waals surface area contributed by atoms with Crippen LogP contribution >= 0.6 is 0 Å². The van der Waals surface area contributed by atoms with Crippen LogP contribution in [0.4, 0.5) is 0 Å². The molecule has 2 aliphatic heterocycles. The first-order valence-corrected chi connectivity index (χ1v) is 8.30. The molecular formula is C16H29NO2. The number of ether oxygens (including phenoxy) is 2. The van der Waals surface area contributed by atoms with Crippen LogP contribution < -0.4 is 5.73 Å². The van der Waals surface area contributed by atoms with E-state index < -0.39 is 0 Å². The molecule has 3 fully saturated rings. The SMILES string of the molecule is NC(C1CCOC2(CCCCC2)C1)C1CCCCO1. The third-order valence-corrected chi connectivity index (χ3v) is 5.48. The second-order valence-electron chi connectivity index (χ2n) is 6.83. The first-order valence-electron chi connectivity index (χ1n) is 8.30. The molecule has 2 heterocycles. The van der Waals surface area contributed by atoms with Crippen molar-refractivity contribution in [1.29, 1.82) is 0 Å². The molecule has 0 aromatic carbocycles. The summed E-state index contributed by atoms with van der Waals surface area (Å²) in [7, 11) is 0. The third-order valence-electron chi connectivity index (χ3n) is 5.48. The molecule has 3 unspecified atom stereocenters. The summed E-state index contributed by atoms with van der Waals surface area (Å²) in [6.45, 7) is 1.82. The van der Waals surface area contributed by atoms with Crippen molar-refractivity contribution < 1.29 is 9.47 Å². The Bertz CT molecular complexity index is 277. The van der Waals surface area contributed by atoms with E-state index in [-0.39, 0.29) is 11.6 Å². The maximum Gasteiger partial charge on any atom is 0.0728 e. The molecule has 0 aromatic heterocycles. The van der Waals surface area contributed by atoms with Crippen LogP contribution in [0.2, 0.25) is 0 Å². The van der Waals surface area contributed by atoms with Gasteiger partial charge in [0.25, 0.3) is 0 Å². The Morgan fingerprint density at radius 1 is 0.947 bits per heavy atom. The number of nitrogens with two attached hydrogens (primary N) is 1. The van der Waals surface area contributed by atoms with Crippen LogP contribution in [-0.4, -0.2) is 31.0 Å². The zero-order chi connectivity index (χ0) is 13.1. The molecule has 1 aliphatic carbocycles. The van der Waals surface area contributed by atoms with Gasteiger partial charge in [-0.2, -0.15) is 0 Å². The average Bonchev–Trinajstić information content (AvgIpc) is 2.48. The van der Waals surface area contributed by atoms with Gasteiger partial charge >= 0.3 is 0 Å². The lowest BCUT2D eigenvalue weighted by atomic mass is 9.73. The van der Waals surface area contributed by atoms with E-state index in [0.717, 1.165) is 26.1 Å². The van der Waals surface area contributed by atoms with Gasteiger partial charge in [-0.1, -0.05) is 19.3 Å². The first-order chi connectivity index (χ1) is 9.29. The van der Waals surface area contributed by atoms with Gasteiger partial charge in [0.2, 0.25) is 0 Å². The average molecular weight is 267 g/mol. The minimum Gasteiger partial charge on any atom is -0.377 e. The normalized spacial score (nSPS) is 37.1. The highest BCUT2D eigenvalue weighted by atomic mass is 16.5. The van der Waals surface area contributed by atoms with Crippen LogP contribution in [0.5, 0.6) is 0 Å². The van der Waals surface area contributed by atoms with Gasteiger partial charge in [0.1, 0.15) is 0 Å². The Labute approximate surface area is 117 Å². The Balaban J connectivity index is 1.60. The van der Waals surface area contributed by atoms with Crippen LogP contribution in [0.25, 0.3) is 0 Å². The first kappa shape index (κ1) is 13.8. The summed E-state index contributed by atoms with van der Waals surface area (Å²) >= 11 is 0. The van der Waals surface area contributed by atoms with E-state index in [0.29, 0.717) is 12.0 Å². The summed E-state index contributed by atoms with van der Waals surface area (Å²) in [5, 5.41) is 0. The van der Waals surface area contributed by atoms with Gasteiger partial charge in [0.15, 0.2) is 0 Å². The minimum atomic E-state index is 0.174. The van der Waals surface area contributed by atoms with Crippen LogP contribution in [-0.2, 0) is 9.47 Å². The summed E-state index contributed by atoms with van der Waals surface area (Å²) in [5.41, 5.74) is 6.71. The number of hydrogen-bond acceptors (Lipinski definition) is 3. The van der Waals surface area contributed by atoms with E-state index in [9.17, 15) is 0 Å². The molecule has 2 N–H and O–H groups in total. The quantitative estimate of drug-likeness (QED) is 0.836. The summed E-state index contributed by atoms with van der Waals surface area (Å²) in [6.07, 6.45) is 12.8. The summed E-state index contributed by atoms with van der Waals surface area (Å²) in [6, 6.07) is 0.225. The van der Waals surface area contributed by atoms with Crippen molar-refractivity contribution in [2.45, 2.75) is 82.0 Å². The van der Waals surface area contributed by atoms with Crippen molar-refractivity contribution in [3.8, 4) is 0 Å². The minimum absolute atomic E-state index is 0.174. The zero-order valence-electron chi connectivity index (χ0n) is 12.1. The van der Waals surface area contributed by atoms with Crippen molar-refractivity contribution in [3.63, 3.8) is 0 Å². The second kappa shape index (κ2) is 6.11. The zero-order valence-corrected chi connectivity index (χ0v) is 12.1. The fraction of sp³-hybridized carbons (Fsp3) is 1.00. The Kier molecular flexibility index (Phi) is 4.45. The molecule has 0 radical (unpaired) electrons. The predicted octanol–water partition coefficient (Wildman–Crippen LogP) is 3.01. The maximum absolute atomic E-state index is 6.53. The molecule has 3 nitrogen and oxygen atoms in total. The van der Waals surface area contributed by atoms with Gasteiger partial charge in [-0.25, -0.2) is 0 Å². The molecule has 0 bridgehead atoms. The molecule has 1 saturated carbocycles. The second-order valence-corrected chi connectivity index (χ2v) is 6.83. The van der Waals surface area contributed by atoms with E-state index in [4.69, 9.17) is 15.2 Å². The monoisotopic (exact) mass is 267 g/mol.